The molecule has 2 nitrogen and oxygen atoms in total. The molecule has 0 amide bonds. The van der Waals surface area contributed by atoms with Gasteiger partial charge in [0, 0.05) is 0 Å². The molecule has 0 fully saturated rings. The molecule has 7 heteroatoms. The molecule has 0 saturated heterocycles. The predicted octanol–water partition coefficient (Wildman–Crippen LogP) is 7.75. The minimum Gasteiger partial charge on any atom is -0.147 e. The Morgan fingerprint density at radius 2 is 1.39 bits per heavy atom. The molecule has 2 aliphatic rings. The summed E-state index contributed by atoms with van der Waals surface area (Å²) in [5, 5.41) is 0. The van der Waals surface area contributed by atoms with Gasteiger partial charge in [0.15, 0.2) is 0 Å². The van der Waals surface area contributed by atoms with Crippen LogP contribution in [0.15, 0.2) is 72.5 Å². The van der Waals surface area contributed by atoms with Crippen molar-refractivity contribution in [3.8, 4) is 11.1 Å². The topological polar surface area (TPSA) is 18.5 Å². The Bertz CT molecular complexity index is 1330. The van der Waals surface area contributed by atoms with Crippen molar-refractivity contribution in [2.24, 2.45) is 0 Å². The first kappa shape index (κ1) is 29.6. The number of ether oxygens (including phenoxy) is 1. The van der Waals surface area contributed by atoms with E-state index < -0.39 is 27.2 Å². The van der Waals surface area contributed by atoms with Crippen molar-refractivity contribution in [3.05, 3.63) is 100 Å². The molecule has 0 N–H and O–H groups in total. The van der Waals surface area contributed by atoms with E-state index in [1.807, 2.05) is 0 Å². The zero-order valence-corrected chi connectivity index (χ0v) is 28.3. The van der Waals surface area contributed by atoms with Gasteiger partial charge in [-0.25, -0.2) is 0 Å². The number of allylic oxidation sites excluding steroid dienone is 1. The van der Waals surface area contributed by atoms with Gasteiger partial charge in [-0.3, -0.25) is 0 Å². The zero-order valence-electron chi connectivity index (χ0n) is 21.8. The fourth-order valence-electron chi connectivity index (χ4n) is 5.60. The molecule has 2 unspecified atom stereocenters. The fourth-order valence-corrected chi connectivity index (χ4v) is 14.2. The summed E-state index contributed by atoms with van der Waals surface area (Å²) in [5.41, 5.74) is 10.0. The van der Waals surface area contributed by atoms with Crippen LogP contribution in [0, 0.1) is 0 Å². The van der Waals surface area contributed by atoms with Gasteiger partial charge in [-0.05, 0) is 0 Å². The molecule has 3 aromatic rings. The molecule has 0 spiro atoms. The van der Waals surface area contributed by atoms with Crippen LogP contribution in [0.3, 0.4) is 0 Å². The first-order valence-corrected chi connectivity index (χ1v) is 28.0. The number of rotatable bonds is 7. The SMILES string of the molecule is C[Si](C)(C)OCCOC1=Cc2ccccc2C1c1cccc2c1[CH]([Zr]([CH3])([CH3])=[SiH2])c1ccccc1-2.Cl.Cl. The summed E-state index contributed by atoms with van der Waals surface area (Å²) in [6, 6.07) is 24.9. The van der Waals surface area contributed by atoms with Gasteiger partial charge in [-0.2, -0.15) is 0 Å². The zero-order chi connectivity index (χ0) is 24.1. The molecule has 0 heterocycles. The van der Waals surface area contributed by atoms with E-state index in [1.54, 1.807) is 11.1 Å². The van der Waals surface area contributed by atoms with Gasteiger partial charge in [-0.15, -0.1) is 24.8 Å². The van der Waals surface area contributed by atoms with Crippen LogP contribution in [0.2, 0.25) is 28.9 Å². The molecule has 36 heavy (non-hydrogen) atoms. The van der Waals surface area contributed by atoms with Crippen molar-refractivity contribution in [3.63, 3.8) is 0 Å². The van der Waals surface area contributed by atoms with Crippen molar-refractivity contribution in [2.45, 2.75) is 38.4 Å². The number of fused-ring (bicyclic) bond motifs is 4. The first-order chi connectivity index (χ1) is 16.1. The van der Waals surface area contributed by atoms with Crippen LogP contribution in [0.25, 0.3) is 17.2 Å². The van der Waals surface area contributed by atoms with Crippen LogP contribution >= 0.6 is 24.8 Å². The van der Waals surface area contributed by atoms with Gasteiger partial charge in [0.05, 0.1) is 0 Å². The van der Waals surface area contributed by atoms with Gasteiger partial charge in [-0.1, -0.05) is 0 Å². The number of halogens is 2. The Labute approximate surface area is 235 Å². The first-order valence-electron chi connectivity index (χ1n) is 12.3. The molecular formula is C29H37Cl2O2Si2Zr. The number of benzene rings is 3. The van der Waals surface area contributed by atoms with Crippen molar-refractivity contribution >= 4 is 46.1 Å². The van der Waals surface area contributed by atoms with Crippen LogP contribution < -0.4 is 0 Å². The van der Waals surface area contributed by atoms with Crippen molar-refractivity contribution < 1.29 is 28.0 Å². The second-order valence-corrected chi connectivity index (χ2v) is 37.7. The normalized spacial score (nSPS) is 17.8. The summed E-state index contributed by atoms with van der Waals surface area (Å²) >= 11 is -2.37. The standard InChI is InChI=1S/C27H27O2Si.2CH3.2ClH.H2Si.Zr/c1-30(2,3)29-16-15-28-26-18-20-10-5-7-12-22(20)27(26)24-14-8-13-23-21-11-6-4-9-19(21)17-25(23)24;;;;;;/h4-14,17-18,27H,15-16H2,1-3H3;2*1H3;2*1H;1H2;. The summed E-state index contributed by atoms with van der Waals surface area (Å²) < 4.78 is 18.3. The number of hydrogen-bond donors (Lipinski definition) is 0. The molecule has 5 rings (SSSR count). The van der Waals surface area contributed by atoms with E-state index >= 15 is 0 Å². The third kappa shape index (κ3) is 5.72. The van der Waals surface area contributed by atoms with E-state index in [0.29, 0.717) is 16.8 Å². The van der Waals surface area contributed by atoms with Gasteiger partial charge >= 0.3 is 212 Å². The molecule has 0 aromatic heterocycles. The molecule has 191 valence electrons. The smallest absolute Gasteiger partial charge is 0.147 e. The quantitative estimate of drug-likeness (QED) is 0.195. The van der Waals surface area contributed by atoms with Crippen molar-refractivity contribution in [1.29, 1.82) is 0 Å². The second-order valence-electron chi connectivity index (χ2n) is 11.2. The fraction of sp³-hybridized carbons (Fsp3) is 0.310. The van der Waals surface area contributed by atoms with E-state index in [-0.39, 0.29) is 30.7 Å². The minimum absolute atomic E-state index is 0. The summed E-state index contributed by atoms with van der Waals surface area (Å²) in [4.78, 5) is 0. The largest absolute Gasteiger partial charge is 0.147 e. The number of hydrogen-bond acceptors (Lipinski definition) is 2. The van der Waals surface area contributed by atoms with E-state index in [9.17, 15) is 0 Å². The average Bonchev–Trinajstić information content (AvgIpc) is 3.31. The maximum absolute atomic E-state index is 6.48. The average molecular weight is 636 g/mol. The molecule has 3 aromatic carbocycles. The Morgan fingerprint density at radius 1 is 0.778 bits per heavy atom. The van der Waals surface area contributed by atoms with Gasteiger partial charge in [0.2, 0.25) is 0 Å². The monoisotopic (exact) mass is 633 g/mol. The third-order valence-electron chi connectivity index (χ3n) is 6.86. The second kappa shape index (κ2) is 11.4. The minimum atomic E-state index is -2.37. The molecule has 0 aliphatic heterocycles. The van der Waals surface area contributed by atoms with Gasteiger partial charge in [0.1, 0.15) is 0 Å². The Hall–Kier alpha value is -0.943. The Balaban J connectivity index is 0.00000180. The third-order valence-corrected chi connectivity index (χ3v) is 15.7. The predicted molar refractivity (Wildman–Crippen MR) is 160 cm³/mol. The Morgan fingerprint density at radius 3 is 2.08 bits per heavy atom. The summed E-state index contributed by atoms with van der Waals surface area (Å²) in [6.07, 6.45) is 2.26. The molecular weight excluding hydrogens is 599 g/mol. The van der Waals surface area contributed by atoms with Crippen LogP contribution in [0.4, 0.5) is 0 Å². The van der Waals surface area contributed by atoms with Crippen LogP contribution in [-0.2, 0) is 28.0 Å². The van der Waals surface area contributed by atoms with Crippen LogP contribution in [-0.4, -0.2) is 28.4 Å². The van der Waals surface area contributed by atoms with E-state index in [4.69, 9.17) is 9.16 Å². The van der Waals surface area contributed by atoms with Gasteiger partial charge in [0.25, 0.3) is 0 Å². The summed E-state index contributed by atoms with van der Waals surface area (Å²) in [6.45, 7) is 10.3. The maximum atomic E-state index is 6.48. The molecule has 2 atom stereocenters. The molecule has 0 saturated carbocycles. The molecule has 0 bridgehead atoms. The van der Waals surface area contributed by atoms with Crippen LogP contribution in [0.1, 0.15) is 37.4 Å². The van der Waals surface area contributed by atoms with E-state index in [0.717, 1.165) is 5.76 Å². The van der Waals surface area contributed by atoms with Gasteiger partial charge < -0.3 is 0 Å². The van der Waals surface area contributed by atoms with Crippen molar-refractivity contribution in [1.82, 2.24) is 0 Å². The summed E-state index contributed by atoms with van der Waals surface area (Å²) in [5.74, 6) is 1.21. The maximum Gasteiger partial charge on any atom is -0.147 e. The van der Waals surface area contributed by atoms with Crippen molar-refractivity contribution in [2.75, 3.05) is 13.2 Å². The van der Waals surface area contributed by atoms with E-state index in [1.165, 1.54) is 27.8 Å². The Kier molecular flexibility index (Phi) is 9.40. The molecule has 2 aliphatic carbocycles. The summed E-state index contributed by atoms with van der Waals surface area (Å²) in [7, 11) is -1.55. The van der Waals surface area contributed by atoms with E-state index in [2.05, 4.69) is 109 Å². The van der Waals surface area contributed by atoms with Crippen LogP contribution in [0.5, 0.6) is 0 Å². The molecule has 0 radical (unpaired) electrons.